The summed E-state index contributed by atoms with van der Waals surface area (Å²) in [7, 11) is 0. The number of fused-ring (bicyclic) bond motifs is 1. The molecule has 0 saturated carbocycles. The summed E-state index contributed by atoms with van der Waals surface area (Å²) in [5.41, 5.74) is 3.53. The van der Waals surface area contributed by atoms with E-state index in [4.69, 9.17) is 21.6 Å². The van der Waals surface area contributed by atoms with E-state index in [0.29, 0.717) is 22.5 Å². The topological polar surface area (TPSA) is 70.1 Å². The molecule has 150 valence electrons. The Morgan fingerprint density at radius 2 is 1.83 bits per heavy atom. The van der Waals surface area contributed by atoms with Crippen LogP contribution in [0.4, 0.5) is 5.82 Å². The fourth-order valence-corrected chi connectivity index (χ4v) is 4.00. The predicted molar refractivity (Wildman–Crippen MR) is 122 cm³/mol. The van der Waals surface area contributed by atoms with Crippen molar-refractivity contribution in [3.63, 3.8) is 0 Å². The first-order valence-corrected chi connectivity index (χ1v) is 10.4. The predicted octanol–water partition coefficient (Wildman–Crippen LogP) is 5.10. The second kappa shape index (κ2) is 7.94. The summed E-state index contributed by atoms with van der Waals surface area (Å²) in [6.07, 6.45) is 1.03. The molecular weight excluding hydrogens is 396 g/mol. The van der Waals surface area contributed by atoms with E-state index in [1.54, 1.807) is 18.2 Å². The van der Waals surface area contributed by atoms with Crippen LogP contribution in [-0.4, -0.2) is 34.2 Å². The second-order valence-corrected chi connectivity index (χ2v) is 7.93. The van der Waals surface area contributed by atoms with Gasteiger partial charge in [-0.2, -0.15) is 0 Å². The maximum Gasteiger partial charge on any atom is 0.165 e. The molecule has 0 unspecified atom stereocenters. The summed E-state index contributed by atoms with van der Waals surface area (Å²) in [4.78, 5) is 9.55. The third kappa shape index (κ3) is 3.70. The normalized spacial score (nSPS) is 16.1. The van der Waals surface area contributed by atoms with Crippen LogP contribution >= 0.6 is 11.6 Å². The van der Waals surface area contributed by atoms with E-state index in [-0.39, 0.29) is 5.75 Å². The summed E-state index contributed by atoms with van der Waals surface area (Å²) >= 11 is 6.18. The summed E-state index contributed by atoms with van der Waals surface area (Å²) in [5.74, 6) is 1.32. The number of anilines is 1. The molecule has 0 spiro atoms. The van der Waals surface area contributed by atoms with Crippen LogP contribution < -0.4 is 10.6 Å². The highest BCUT2D eigenvalue weighted by Crippen LogP contribution is 2.34. The van der Waals surface area contributed by atoms with Crippen LogP contribution in [0.3, 0.4) is 0 Å². The number of hydrogen-bond acceptors (Lipinski definition) is 5. The summed E-state index contributed by atoms with van der Waals surface area (Å²) < 4.78 is 0. The highest BCUT2D eigenvalue weighted by molar-refractivity contribution is 6.30. The SMILES string of the molecule is Oc1ccc(Cl)cc1-c1nc(N[C@H]2CCNC2)c2ccc(-c3ccccc3)cc2n1. The second-order valence-electron chi connectivity index (χ2n) is 7.49. The van der Waals surface area contributed by atoms with Gasteiger partial charge in [0.1, 0.15) is 11.6 Å². The molecule has 1 aliphatic heterocycles. The van der Waals surface area contributed by atoms with E-state index in [1.807, 2.05) is 18.2 Å². The number of hydrogen-bond donors (Lipinski definition) is 3. The maximum atomic E-state index is 10.4. The molecule has 3 N–H and O–H groups in total. The van der Waals surface area contributed by atoms with Gasteiger partial charge in [-0.15, -0.1) is 0 Å². The molecule has 5 nitrogen and oxygen atoms in total. The molecule has 1 aromatic heterocycles. The van der Waals surface area contributed by atoms with Crippen molar-refractivity contribution < 1.29 is 5.11 Å². The van der Waals surface area contributed by atoms with Crippen LogP contribution in [0.1, 0.15) is 6.42 Å². The van der Waals surface area contributed by atoms with Crippen LogP contribution in [0.15, 0.2) is 66.7 Å². The van der Waals surface area contributed by atoms with Gasteiger partial charge in [-0.25, -0.2) is 9.97 Å². The molecule has 6 heteroatoms. The van der Waals surface area contributed by atoms with Gasteiger partial charge in [0.2, 0.25) is 0 Å². The third-order valence-corrected chi connectivity index (χ3v) is 5.64. The molecule has 1 fully saturated rings. The van der Waals surface area contributed by atoms with Crippen molar-refractivity contribution in [2.24, 2.45) is 0 Å². The minimum Gasteiger partial charge on any atom is -0.507 e. The zero-order valence-electron chi connectivity index (χ0n) is 16.3. The van der Waals surface area contributed by atoms with E-state index in [0.717, 1.165) is 47.4 Å². The first-order valence-electron chi connectivity index (χ1n) is 10.0. The first kappa shape index (κ1) is 18.9. The Labute approximate surface area is 179 Å². The number of nitrogens with one attached hydrogen (secondary N) is 2. The standard InChI is InChI=1S/C24H21ClN4O/c25-17-7-9-22(30)20(13-17)24-28-21-12-16(15-4-2-1-3-5-15)6-8-19(21)23(29-24)27-18-10-11-26-14-18/h1-9,12-13,18,26,30H,10-11,14H2,(H,27,28,29)/t18-/m0/s1. The fraction of sp³-hybridized carbons (Fsp3) is 0.167. The molecular formula is C24H21ClN4O. The van der Waals surface area contributed by atoms with Gasteiger partial charge < -0.3 is 15.7 Å². The van der Waals surface area contributed by atoms with Gasteiger partial charge in [-0.3, -0.25) is 0 Å². The van der Waals surface area contributed by atoms with Gasteiger partial charge in [0.25, 0.3) is 0 Å². The molecule has 5 rings (SSSR count). The summed E-state index contributed by atoms with van der Waals surface area (Å²) in [6, 6.07) is 21.6. The van der Waals surface area contributed by atoms with Gasteiger partial charge in [0.05, 0.1) is 11.1 Å². The number of phenolic OH excluding ortho intramolecular Hbond substituents is 1. The fourth-order valence-electron chi connectivity index (χ4n) is 3.83. The average molecular weight is 417 g/mol. The Morgan fingerprint density at radius 1 is 0.967 bits per heavy atom. The monoisotopic (exact) mass is 416 g/mol. The van der Waals surface area contributed by atoms with E-state index in [2.05, 4.69) is 41.0 Å². The summed E-state index contributed by atoms with van der Waals surface area (Å²) in [5, 5.41) is 18.8. The van der Waals surface area contributed by atoms with Crippen LogP contribution in [-0.2, 0) is 0 Å². The first-order chi connectivity index (χ1) is 14.7. The van der Waals surface area contributed by atoms with E-state index in [9.17, 15) is 5.11 Å². The Morgan fingerprint density at radius 3 is 2.63 bits per heavy atom. The molecule has 1 saturated heterocycles. The van der Waals surface area contributed by atoms with Crippen molar-refractivity contribution in [1.82, 2.24) is 15.3 Å². The Balaban J connectivity index is 1.68. The number of aromatic nitrogens is 2. The highest BCUT2D eigenvalue weighted by atomic mass is 35.5. The molecule has 4 aromatic rings. The number of benzene rings is 3. The zero-order valence-corrected chi connectivity index (χ0v) is 17.0. The summed E-state index contributed by atoms with van der Waals surface area (Å²) in [6.45, 7) is 1.88. The Hall–Kier alpha value is -3.15. The van der Waals surface area contributed by atoms with E-state index < -0.39 is 0 Å². The van der Waals surface area contributed by atoms with E-state index in [1.165, 1.54) is 0 Å². The van der Waals surface area contributed by atoms with Gasteiger partial charge in [-0.1, -0.05) is 48.0 Å². The number of halogens is 1. The largest absolute Gasteiger partial charge is 0.507 e. The lowest BCUT2D eigenvalue weighted by molar-refractivity contribution is 0.477. The minimum atomic E-state index is 0.103. The lowest BCUT2D eigenvalue weighted by atomic mass is 10.0. The smallest absolute Gasteiger partial charge is 0.165 e. The van der Waals surface area contributed by atoms with Gasteiger partial charge >= 0.3 is 0 Å². The molecule has 0 aliphatic carbocycles. The average Bonchev–Trinajstić information content (AvgIpc) is 3.28. The van der Waals surface area contributed by atoms with Crippen molar-refractivity contribution in [1.29, 1.82) is 0 Å². The van der Waals surface area contributed by atoms with Crippen LogP contribution in [0.5, 0.6) is 5.75 Å². The Bertz CT molecular complexity index is 1210. The lowest BCUT2D eigenvalue weighted by Crippen LogP contribution is -2.23. The molecule has 1 aliphatic rings. The van der Waals surface area contributed by atoms with Crippen molar-refractivity contribution >= 4 is 28.3 Å². The highest BCUT2D eigenvalue weighted by Gasteiger charge is 2.19. The number of nitrogens with zero attached hydrogens (tertiary/aromatic N) is 2. The zero-order chi connectivity index (χ0) is 20.5. The van der Waals surface area contributed by atoms with Gasteiger partial charge in [-0.05, 0) is 54.4 Å². The molecule has 3 aromatic carbocycles. The quantitative estimate of drug-likeness (QED) is 0.432. The number of aromatic hydroxyl groups is 1. The van der Waals surface area contributed by atoms with Crippen LogP contribution in [0, 0.1) is 0 Å². The molecule has 0 radical (unpaired) electrons. The molecule has 0 bridgehead atoms. The third-order valence-electron chi connectivity index (χ3n) is 5.40. The minimum absolute atomic E-state index is 0.103. The van der Waals surface area contributed by atoms with Gasteiger partial charge in [0.15, 0.2) is 5.82 Å². The molecule has 30 heavy (non-hydrogen) atoms. The number of phenols is 1. The van der Waals surface area contributed by atoms with Gasteiger partial charge in [0, 0.05) is 23.0 Å². The molecule has 1 atom stereocenters. The lowest BCUT2D eigenvalue weighted by Gasteiger charge is -2.16. The number of rotatable bonds is 4. The van der Waals surface area contributed by atoms with Crippen molar-refractivity contribution in [2.75, 3.05) is 18.4 Å². The Kier molecular flexibility index (Phi) is 4.99. The maximum absolute atomic E-state index is 10.4. The van der Waals surface area contributed by atoms with Crippen molar-refractivity contribution in [3.8, 4) is 28.3 Å². The molecule has 0 amide bonds. The van der Waals surface area contributed by atoms with E-state index >= 15 is 0 Å². The molecule has 2 heterocycles. The van der Waals surface area contributed by atoms with Crippen molar-refractivity contribution in [3.05, 3.63) is 71.8 Å². The van der Waals surface area contributed by atoms with Crippen LogP contribution in [0.25, 0.3) is 33.4 Å². The van der Waals surface area contributed by atoms with Crippen molar-refractivity contribution in [2.45, 2.75) is 12.5 Å². The van der Waals surface area contributed by atoms with Crippen LogP contribution in [0.2, 0.25) is 5.02 Å².